The van der Waals surface area contributed by atoms with Gasteiger partial charge in [-0.3, -0.25) is 0 Å². The summed E-state index contributed by atoms with van der Waals surface area (Å²) in [5, 5.41) is 0. The van der Waals surface area contributed by atoms with Crippen molar-refractivity contribution in [3.63, 3.8) is 0 Å². The van der Waals surface area contributed by atoms with Gasteiger partial charge in [0.2, 0.25) is 0 Å². The molecule has 0 radical (unpaired) electrons. The van der Waals surface area contributed by atoms with E-state index < -0.39 is 0 Å². The van der Waals surface area contributed by atoms with Crippen molar-refractivity contribution in [2.75, 3.05) is 0 Å². The number of hydrogen-bond acceptors (Lipinski definition) is 1. The van der Waals surface area contributed by atoms with E-state index in [1.807, 2.05) is 12.1 Å². The lowest BCUT2D eigenvalue weighted by molar-refractivity contribution is 0.403. The van der Waals surface area contributed by atoms with Crippen molar-refractivity contribution in [3.8, 4) is 0 Å². The van der Waals surface area contributed by atoms with Crippen LogP contribution in [-0.2, 0) is 12.8 Å². The third kappa shape index (κ3) is 3.92. The molecule has 0 bridgehead atoms. The van der Waals surface area contributed by atoms with Crippen LogP contribution in [0, 0.1) is 0 Å². The fourth-order valence-corrected chi connectivity index (χ4v) is 2.76. The highest BCUT2D eigenvalue weighted by atomic mass is 79.9. The molecule has 0 amide bonds. The molecular formula is C17H20BrN. The SMILES string of the molecule is CCC(N)(Cc1ccccc1)Cc1ccccc1Br. The first-order valence-corrected chi connectivity index (χ1v) is 7.48. The Labute approximate surface area is 124 Å². The minimum atomic E-state index is -0.189. The standard InChI is InChI=1S/C17H20BrN/c1-2-17(19,12-14-8-4-3-5-9-14)13-15-10-6-7-11-16(15)18/h3-11H,2,12-13,19H2,1H3. The van der Waals surface area contributed by atoms with Gasteiger partial charge in [-0.1, -0.05) is 71.4 Å². The molecule has 19 heavy (non-hydrogen) atoms. The van der Waals surface area contributed by atoms with Gasteiger partial charge < -0.3 is 5.73 Å². The molecule has 0 saturated heterocycles. The van der Waals surface area contributed by atoms with Crippen molar-refractivity contribution in [2.24, 2.45) is 5.73 Å². The Morgan fingerprint density at radius 1 is 0.947 bits per heavy atom. The summed E-state index contributed by atoms with van der Waals surface area (Å²) in [5.41, 5.74) is 9.01. The van der Waals surface area contributed by atoms with Crippen LogP contribution < -0.4 is 5.73 Å². The maximum Gasteiger partial charge on any atom is 0.0233 e. The second-order valence-corrected chi connectivity index (χ2v) is 6.00. The number of rotatable bonds is 5. The van der Waals surface area contributed by atoms with Crippen LogP contribution in [0.5, 0.6) is 0 Å². The largest absolute Gasteiger partial charge is 0.325 e. The topological polar surface area (TPSA) is 26.0 Å². The monoisotopic (exact) mass is 317 g/mol. The van der Waals surface area contributed by atoms with Crippen molar-refractivity contribution < 1.29 is 0 Å². The molecule has 0 saturated carbocycles. The minimum absolute atomic E-state index is 0.189. The molecule has 1 atom stereocenters. The van der Waals surface area contributed by atoms with Gasteiger partial charge in [-0.25, -0.2) is 0 Å². The Balaban J connectivity index is 2.17. The fraction of sp³-hybridized carbons (Fsp3) is 0.294. The molecular weight excluding hydrogens is 298 g/mol. The summed E-state index contributed by atoms with van der Waals surface area (Å²) in [6, 6.07) is 18.8. The molecule has 0 fully saturated rings. The lowest BCUT2D eigenvalue weighted by Crippen LogP contribution is -2.43. The predicted octanol–water partition coefficient (Wildman–Crippen LogP) is 4.34. The Bertz CT molecular complexity index is 524. The minimum Gasteiger partial charge on any atom is -0.325 e. The van der Waals surface area contributed by atoms with Crippen LogP contribution in [0.4, 0.5) is 0 Å². The normalized spacial score (nSPS) is 14.1. The number of nitrogens with two attached hydrogens (primary N) is 1. The van der Waals surface area contributed by atoms with Gasteiger partial charge in [-0.05, 0) is 36.5 Å². The fourth-order valence-electron chi connectivity index (χ4n) is 2.34. The van der Waals surface area contributed by atoms with Gasteiger partial charge >= 0.3 is 0 Å². The molecule has 2 heteroatoms. The van der Waals surface area contributed by atoms with Gasteiger partial charge in [0.1, 0.15) is 0 Å². The van der Waals surface area contributed by atoms with E-state index in [9.17, 15) is 0 Å². The lowest BCUT2D eigenvalue weighted by atomic mass is 9.83. The van der Waals surface area contributed by atoms with Crippen LogP contribution in [0.3, 0.4) is 0 Å². The van der Waals surface area contributed by atoms with E-state index in [0.29, 0.717) is 0 Å². The first kappa shape index (κ1) is 14.3. The molecule has 100 valence electrons. The Morgan fingerprint density at radius 3 is 2.21 bits per heavy atom. The first-order chi connectivity index (χ1) is 9.13. The van der Waals surface area contributed by atoms with Crippen LogP contribution in [0.15, 0.2) is 59.1 Å². The molecule has 0 heterocycles. The zero-order valence-electron chi connectivity index (χ0n) is 11.3. The van der Waals surface area contributed by atoms with Gasteiger partial charge in [0.25, 0.3) is 0 Å². The van der Waals surface area contributed by atoms with Crippen LogP contribution in [0.2, 0.25) is 0 Å². The van der Waals surface area contributed by atoms with E-state index in [1.54, 1.807) is 0 Å². The summed E-state index contributed by atoms with van der Waals surface area (Å²) in [6.45, 7) is 2.17. The zero-order valence-corrected chi connectivity index (χ0v) is 12.9. The van der Waals surface area contributed by atoms with Crippen LogP contribution in [0.1, 0.15) is 24.5 Å². The van der Waals surface area contributed by atoms with Crippen LogP contribution in [-0.4, -0.2) is 5.54 Å². The van der Waals surface area contributed by atoms with E-state index in [0.717, 1.165) is 23.7 Å². The summed E-state index contributed by atoms with van der Waals surface area (Å²) in [6.07, 6.45) is 2.76. The highest BCUT2D eigenvalue weighted by Gasteiger charge is 2.24. The van der Waals surface area contributed by atoms with E-state index >= 15 is 0 Å². The zero-order chi connectivity index (χ0) is 13.7. The maximum atomic E-state index is 6.61. The Kier molecular flexibility index (Phi) is 4.78. The average molecular weight is 318 g/mol. The number of benzene rings is 2. The van der Waals surface area contributed by atoms with Gasteiger partial charge in [-0.15, -0.1) is 0 Å². The van der Waals surface area contributed by atoms with E-state index in [1.165, 1.54) is 11.1 Å². The molecule has 1 nitrogen and oxygen atoms in total. The Morgan fingerprint density at radius 2 is 1.58 bits per heavy atom. The van der Waals surface area contributed by atoms with Gasteiger partial charge in [-0.2, -0.15) is 0 Å². The summed E-state index contributed by atoms with van der Waals surface area (Å²) >= 11 is 3.61. The molecule has 0 aliphatic heterocycles. The summed E-state index contributed by atoms with van der Waals surface area (Å²) < 4.78 is 1.14. The second-order valence-electron chi connectivity index (χ2n) is 5.15. The smallest absolute Gasteiger partial charge is 0.0233 e. The predicted molar refractivity (Wildman–Crippen MR) is 85.2 cm³/mol. The summed E-state index contributed by atoms with van der Waals surface area (Å²) in [7, 11) is 0. The van der Waals surface area contributed by atoms with Crippen LogP contribution >= 0.6 is 15.9 Å². The van der Waals surface area contributed by atoms with Gasteiger partial charge in [0.05, 0.1) is 0 Å². The van der Waals surface area contributed by atoms with Gasteiger partial charge in [0.15, 0.2) is 0 Å². The van der Waals surface area contributed by atoms with Crippen molar-refractivity contribution in [1.82, 2.24) is 0 Å². The molecule has 1 unspecified atom stereocenters. The highest BCUT2D eigenvalue weighted by molar-refractivity contribution is 9.10. The molecule has 2 aromatic carbocycles. The molecule has 0 aliphatic rings. The number of halogens is 1. The molecule has 2 aromatic rings. The number of hydrogen-bond donors (Lipinski definition) is 1. The summed E-state index contributed by atoms with van der Waals surface area (Å²) in [5.74, 6) is 0. The molecule has 0 aromatic heterocycles. The first-order valence-electron chi connectivity index (χ1n) is 6.69. The van der Waals surface area contributed by atoms with E-state index in [2.05, 4.69) is 65.3 Å². The molecule has 0 aliphatic carbocycles. The van der Waals surface area contributed by atoms with Gasteiger partial charge in [0, 0.05) is 10.0 Å². The van der Waals surface area contributed by atoms with Crippen molar-refractivity contribution in [3.05, 3.63) is 70.2 Å². The van der Waals surface area contributed by atoms with Crippen molar-refractivity contribution in [2.45, 2.75) is 31.7 Å². The summed E-state index contributed by atoms with van der Waals surface area (Å²) in [4.78, 5) is 0. The Hall–Kier alpha value is -1.12. The molecule has 2 N–H and O–H groups in total. The maximum absolute atomic E-state index is 6.61. The quantitative estimate of drug-likeness (QED) is 0.872. The highest BCUT2D eigenvalue weighted by Crippen LogP contribution is 2.24. The third-order valence-electron chi connectivity index (χ3n) is 3.60. The average Bonchev–Trinajstić information content (AvgIpc) is 2.42. The van der Waals surface area contributed by atoms with E-state index in [4.69, 9.17) is 5.73 Å². The molecule has 0 spiro atoms. The second kappa shape index (κ2) is 6.36. The van der Waals surface area contributed by atoms with E-state index in [-0.39, 0.29) is 5.54 Å². The van der Waals surface area contributed by atoms with Crippen LogP contribution in [0.25, 0.3) is 0 Å². The van der Waals surface area contributed by atoms with Crippen molar-refractivity contribution in [1.29, 1.82) is 0 Å². The third-order valence-corrected chi connectivity index (χ3v) is 4.38. The lowest BCUT2D eigenvalue weighted by Gasteiger charge is -2.29. The molecule has 2 rings (SSSR count). The van der Waals surface area contributed by atoms with Crippen molar-refractivity contribution >= 4 is 15.9 Å².